The molecule has 29 heavy (non-hydrogen) atoms. The van der Waals surface area contributed by atoms with Gasteiger partial charge in [0.05, 0.1) is 33.6 Å². The first-order chi connectivity index (χ1) is 14.1. The standard InChI is InChI=1S/C18H20N4O7/c1-25-11-5-3-10(4-6-11)19-18(24)29-14-9-28-15-13(8-27-16(14)15)22-7-12(20-21-22)17(23)26-2/h3-7,13-16H,8-9H2,1-2H3,(H,19,24)/t13-,14-,15-,16+/m0/s1. The molecule has 0 bridgehead atoms. The Morgan fingerprint density at radius 2 is 1.90 bits per heavy atom. The van der Waals surface area contributed by atoms with Crippen LogP contribution in [0.25, 0.3) is 0 Å². The number of carbonyl (C=O) groups is 2. The van der Waals surface area contributed by atoms with Crippen molar-refractivity contribution >= 4 is 17.7 Å². The lowest BCUT2D eigenvalue weighted by atomic mass is 10.1. The first kappa shape index (κ1) is 19.2. The normalized spacial score (nSPS) is 25.3. The maximum atomic E-state index is 12.2. The van der Waals surface area contributed by atoms with Gasteiger partial charge in [-0.05, 0) is 24.3 Å². The molecule has 2 aromatic rings. The number of nitrogens with zero attached hydrogens (tertiary/aromatic N) is 3. The summed E-state index contributed by atoms with van der Waals surface area (Å²) in [7, 11) is 2.84. The van der Waals surface area contributed by atoms with E-state index in [4.69, 9.17) is 18.9 Å². The third-order valence-corrected chi connectivity index (χ3v) is 4.82. The SMILES string of the molecule is COC(=O)c1cn([C@H]2CO[C@H]3[C@H]2OC[C@@H]3OC(=O)Nc2ccc(OC)cc2)nn1. The summed E-state index contributed by atoms with van der Waals surface area (Å²) in [6.45, 7) is 0.486. The summed E-state index contributed by atoms with van der Waals surface area (Å²) < 4.78 is 28.3. The van der Waals surface area contributed by atoms with Gasteiger partial charge >= 0.3 is 12.1 Å². The Morgan fingerprint density at radius 1 is 1.14 bits per heavy atom. The van der Waals surface area contributed by atoms with Gasteiger partial charge < -0.3 is 23.7 Å². The molecular formula is C18H20N4O7. The number of esters is 1. The third-order valence-electron chi connectivity index (χ3n) is 4.82. The summed E-state index contributed by atoms with van der Waals surface area (Å²) >= 11 is 0. The van der Waals surface area contributed by atoms with Gasteiger partial charge in [-0.1, -0.05) is 5.21 Å². The highest BCUT2D eigenvalue weighted by molar-refractivity contribution is 5.86. The Kier molecular flexibility index (Phi) is 5.32. The minimum absolute atomic E-state index is 0.0978. The van der Waals surface area contributed by atoms with E-state index in [2.05, 4.69) is 20.4 Å². The maximum Gasteiger partial charge on any atom is 0.412 e. The highest BCUT2D eigenvalue weighted by atomic mass is 16.6. The van der Waals surface area contributed by atoms with E-state index < -0.39 is 24.3 Å². The lowest BCUT2D eigenvalue weighted by molar-refractivity contribution is 0.00770. The van der Waals surface area contributed by atoms with Gasteiger partial charge in [0.15, 0.2) is 11.8 Å². The van der Waals surface area contributed by atoms with Gasteiger partial charge in [-0.25, -0.2) is 14.3 Å². The molecule has 1 N–H and O–H groups in total. The Bertz CT molecular complexity index is 885. The van der Waals surface area contributed by atoms with Crippen molar-refractivity contribution in [1.29, 1.82) is 0 Å². The molecule has 4 atom stereocenters. The van der Waals surface area contributed by atoms with Crippen molar-refractivity contribution in [2.45, 2.75) is 24.4 Å². The van der Waals surface area contributed by atoms with Crippen molar-refractivity contribution in [2.24, 2.45) is 0 Å². The second-order valence-corrected chi connectivity index (χ2v) is 6.54. The van der Waals surface area contributed by atoms with Crippen molar-refractivity contribution in [3.8, 4) is 5.75 Å². The predicted molar refractivity (Wildman–Crippen MR) is 96.8 cm³/mol. The summed E-state index contributed by atoms with van der Waals surface area (Å²) in [5.41, 5.74) is 0.676. The molecule has 0 unspecified atom stereocenters. The minimum atomic E-state index is -0.606. The largest absolute Gasteiger partial charge is 0.497 e. The topological polar surface area (TPSA) is 123 Å². The van der Waals surface area contributed by atoms with Crippen LogP contribution in [0.2, 0.25) is 0 Å². The molecule has 0 radical (unpaired) electrons. The van der Waals surface area contributed by atoms with E-state index in [9.17, 15) is 9.59 Å². The molecular weight excluding hydrogens is 384 g/mol. The van der Waals surface area contributed by atoms with Crippen LogP contribution in [-0.4, -0.2) is 72.8 Å². The van der Waals surface area contributed by atoms with E-state index in [0.717, 1.165) is 0 Å². The van der Waals surface area contributed by atoms with Crippen LogP contribution in [0, 0.1) is 0 Å². The van der Waals surface area contributed by atoms with Crippen LogP contribution in [0.3, 0.4) is 0 Å². The molecule has 2 aliphatic heterocycles. The van der Waals surface area contributed by atoms with Crippen LogP contribution in [0.15, 0.2) is 30.5 Å². The summed E-state index contributed by atoms with van der Waals surface area (Å²) in [6.07, 6.45) is -0.499. The molecule has 2 fully saturated rings. The van der Waals surface area contributed by atoms with Crippen molar-refractivity contribution in [1.82, 2.24) is 15.0 Å². The van der Waals surface area contributed by atoms with Gasteiger partial charge in [-0.3, -0.25) is 5.32 Å². The van der Waals surface area contributed by atoms with Crippen LogP contribution in [0.5, 0.6) is 5.75 Å². The molecule has 1 aromatic carbocycles. The van der Waals surface area contributed by atoms with Crippen molar-refractivity contribution in [3.05, 3.63) is 36.2 Å². The average molecular weight is 404 g/mol. The number of fused-ring (bicyclic) bond motifs is 1. The third kappa shape index (κ3) is 3.87. The fourth-order valence-electron chi connectivity index (χ4n) is 3.37. The zero-order chi connectivity index (χ0) is 20.4. The molecule has 154 valence electrons. The average Bonchev–Trinajstić information content (AvgIpc) is 3.45. The number of benzene rings is 1. The number of aromatic nitrogens is 3. The molecule has 0 spiro atoms. The molecule has 2 aliphatic rings. The van der Waals surface area contributed by atoms with E-state index >= 15 is 0 Å². The predicted octanol–water partition coefficient (Wildman–Crippen LogP) is 1.03. The molecule has 11 heteroatoms. The van der Waals surface area contributed by atoms with E-state index in [1.165, 1.54) is 18.0 Å². The van der Waals surface area contributed by atoms with Crippen LogP contribution < -0.4 is 10.1 Å². The molecule has 0 saturated carbocycles. The van der Waals surface area contributed by atoms with Gasteiger partial charge in [-0.15, -0.1) is 5.10 Å². The van der Waals surface area contributed by atoms with Crippen LogP contribution >= 0.6 is 0 Å². The van der Waals surface area contributed by atoms with Gasteiger partial charge in [-0.2, -0.15) is 0 Å². The zero-order valence-corrected chi connectivity index (χ0v) is 15.8. The summed E-state index contributed by atoms with van der Waals surface area (Å²) in [6, 6.07) is 6.59. The lowest BCUT2D eigenvalue weighted by Gasteiger charge is -2.17. The van der Waals surface area contributed by atoms with E-state index in [0.29, 0.717) is 18.0 Å². The first-order valence-electron chi connectivity index (χ1n) is 8.94. The molecule has 1 amide bonds. The molecule has 3 heterocycles. The molecule has 0 aliphatic carbocycles. The summed E-state index contributed by atoms with van der Waals surface area (Å²) in [4.78, 5) is 23.8. The number of methoxy groups -OCH3 is 2. The van der Waals surface area contributed by atoms with E-state index in [1.54, 1.807) is 31.4 Å². The summed E-state index contributed by atoms with van der Waals surface area (Å²) in [5.74, 6) is 0.111. The fourth-order valence-corrected chi connectivity index (χ4v) is 3.37. The van der Waals surface area contributed by atoms with Gasteiger partial charge in [0.25, 0.3) is 0 Å². The van der Waals surface area contributed by atoms with Gasteiger partial charge in [0.1, 0.15) is 24.0 Å². The second kappa shape index (κ2) is 8.05. The first-order valence-corrected chi connectivity index (χ1v) is 8.94. The Hall–Kier alpha value is -3.18. The number of nitrogens with one attached hydrogen (secondary N) is 1. The number of hydrogen-bond donors (Lipinski definition) is 1. The van der Waals surface area contributed by atoms with E-state index in [1.807, 2.05) is 0 Å². The van der Waals surface area contributed by atoms with Crippen molar-refractivity contribution < 1.29 is 33.3 Å². The Labute approximate surface area is 165 Å². The van der Waals surface area contributed by atoms with E-state index in [-0.39, 0.29) is 24.4 Å². The maximum absolute atomic E-state index is 12.2. The highest BCUT2D eigenvalue weighted by Crippen LogP contribution is 2.35. The number of rotatable bonds is 5. The zero-order valence-electron chi connectivity index (χ0n) is 15.8. The number of amides is 1. The second-order valence-electron chi connectivity index (χ2n) is 6.54. The molecule has 2 saturated heterocycles. The number of carbonyl (C=O) groups excluding carboxylic acids is 2. The highest BCUT2D eigenvalue weighted by Gasteiger charge is 2.50. The Morgan fingerprint density at radius 3 is 2.62 bits per heavy atom. The Balaban J connectivity index is 1.35. The smallest absolute Gasteiger partial charge is 0.412 e. The molecule has 1 aromatic heterocycles. The van der Waals surface area contributed by atoms with Crippen LogP contribution in [0.4, 0.5) is 10.5 Å². The van der Waals surface area contributed by atoms with Crippen LogP contribution in [0.1, 0.15) is 16.5 Å². The quantitative estimate of drug-likeness (QED) is 0.728. The summed E-state index contributed by atoms with van der Waals surface area (Å²) in [5, 5.41) is 10.4. The van der Waals surface area contributed by atoms with Gasteiger partial charge in [0.2, 0.25) is 0 Å². The van der Waals surface area contributed by atoms with Crippen molar-refractivity contribution in [2.75, 3.05) is 32.8 Å². The van der Waals surface area contributed by atoms with Gasteiger partial charge in [0, 0.05) is 5.69 Å². The monoisotopic (exact) mass is 404 g/mol. The fraction of sp³-hybridized carbons (Fsp3) is 0.444. The van der Waals surface area contributed by atoms with Crippen LogP contribution in [-0.2, 0) is 18.9 Å². The molecule has 4 rings (SSSR count). The minimum Gasteiger partial charge on any atom is -0.497 e. The van der Waals surface area contributed by atoms with Crippen molar-refractivity contribution in [3.63, 3.8) is 0 Å². The number of anilines is 1. The number of hydrogen-bond acceptors (Lipinski definition) is 9. The lowest BCUT2D eigenvalue weighted by Crippen LogP contribution is -2.34. The molecule has 11 nitrogen and oxygen atoms in total. The number of ether oxygens (including phenoxy) is 5.